The molecular weight excluding hydrogens is 296 g/mol. The first-order valence-electron chi connectivity index (χ1n) is 7.82. The molecule has 1 aromatic heterocycles. The molecule has 1 aliphatic carbocycles. The molecule has 2 unspecified atom stereocenters. The number of hydrogen-bond donors (Lipinski definition) is 2. The summed E-state index contributed by atoms with van der Waals surface area (Å²) in [6, 6.07) is 12.5. The summed E-state index contributed by atoms with van der Waals surface area (Å²) in [6.07, 6.45) is 4.56. The van der Waals surface area contributed by atoms with Crippen LogP contribution in [0.25, 0.3) is 0 Å². The van der Waals surface area contributed by atoms with Crippen LogP contribution in [-0.4, -0.2) is 23.2 Å². The number of nitrogens with zero attached hydrogens (tertiary/aromatic N) is 1. The predicted molar refractivity (Wildman–Crippen MR) is 89.2 cm³/mol. The van der Waals surface area contributed by atoms with Crippen molar-refractivity contribution in [3.63, 3.8) is 0 Å². The van der Waals surface area contributed by atoms with Crippen molar-refractivity contribution in [2.24, 2.45) is 0 Å². The highest BCUT2D eigenvalue weighted by atomic mass is 35.5. The summed E-state index contributed by atoms with van der Waals surface area (Å²) in [6.45, 7) is 1.04. The van der Waals surface area contributed by atoms with E-state index in [0.717, 1.165) is 36.5 Å². The van der Waals surface area contributed by atoms with Crippen LogP contribution < -0.4 is 5.32 Å². The van der Waals surface area contributed by atoms with E-state index in [9.17, 15) is 5.11 Å². The highest BCUT2D eigenvalue weighted by molar-refractivity contribution is 6.31. The number of pyridine rings is 1. The van der Waals surface area contributed by atoms with Crippen LogP contribution in [0.3, 0.4) is 0 Å². The molecular formula is C18H21ClN2O. The first kappa shape index (κ1) is 15.5. The topological polar surface area (TPSA) is 45.1 Å². The molecule has 1 aromatic carbocycles. The van der Waals surface area contributed by atoms with E-state index in [1.165, 1.54) is 11.1 Å². The highest BCUT2D eigenvalue weighted by Gasteiger charge is 2.26. The Bertz CT molecular complexity index is 618. The molecule has 1 aliphatic rings. The Kier molecular flexibility index (Phi) is 5.08. The van der Waals surface area contributed by atoms with Gasteiger partial charge in [-0.3, -0.25) is 4.98 Å². The van der Waals surface area contributed by atoms with Crippen molar-refractivity contribution in [3.05, 3.63) is 64.4 Å². The third-order valence-electron chi connectivity index (χ3n) is 4.40. The molecule has 4 heteroatoms. The Morgan fingerprint density at radius 2 is 2.09 bits per heavy atom. The fourth-order valence-electron chi connectivity index (χ4n) is 3.21. The maximum Gasteiger partial charge on any atom is 0.0620 e. The molecule has 2 atom stereocenters. The number of hydrogen-bond acceptors (Lipinski definition) is 3. The summed E-state index contributed by atoms with van der Waals surface area (Å²) in [7, 11) is 0. The zero-order valence-electron chi connectivity index (χ0n) is 12.5. The number of halogens is 1. The summed E-state index contributed by atoms with van der Waals surface area (Å²) in [5.41, 5.74) is 3.53. The Balaban J connectivity index is 1.68. The van der Waals surface area contributed by atoms with Crippen LogP contribution in [0.1, 0.15) is 41.6 Å². The monoisotopic (exact) mass is 316 g/mol. The fraction of sp³-hybridized carbons (Fsp3) is 0.389. The molecule has 0 spiro atoms. The average molecular weight is 317 g/mol. The molecule has 0 saturated carbocycles. The number of rotatable bonds is 6. The van der Waals surface area contributed by atoms with E-state index >= 15 is 0 Å². The Labute approximate surface area is 136 Å². The van der Waals surface area contributed by atoms with Crippen molar-refractivity contribution in [1.29, 1.82) is 0 Å². The van der Waals surface area contributed by atoms with Gasteiger partial charge in [0.2, 0.25) is 0 Å². The second-order valence-electron chi connectivity index (χ2n) is 5.78. The first-order chi connectivity index (χ1) is 10.8. The van der Waals surface area contributed by atoms with Crippen LogP contribution >= 0.6 is 11.6 Å². The molecule has 0 radical (unpaired) electrons. The molecule has 2 aromatic rings. The minimum atomic E-state index is 0.201. The SMILES string of the molecule is OCCC(CNC1CCc2c(Cl)ccnc21)c1ccccc1. The fourth-order valence-corrected chi connectivity index (χ4v) is 3.46. The molecule has 2 N–H and O–H groups in total. The summed E-state index contributed by atoms with van der Waals surface area (Å²) >= 11 is 6.24. The van der Waals surface area contributed by atoms with E-state index in [1.807, 2.05) is 24.3 Å². The Morgan fingerprint density at radius 1 is 1.27 bits per heavy atom. The molecule has 1 heterocycles. The zero-order chi connectivity index (χ0) is 15.4. The average Bonchev–Trinajstić information content (AvgIpc) is 2.97. The van der Waals surface area contributed by atoms with Gasteiger partial charge in [0.1, 0.15) is 0 Å². The van der Waals surface area contributed by atoms with Gasteiger partial charge in [-0.1, -0.05) is 41.9 Å². The van der Waals surface area contributed by atoms with Gasteiger partial charge in [-0.2, -0.15) is 0 Å². The summed E-state index contributed by atoms with van der Waals surface area (Å²) in [5.74, 6) is 0.314. The number of nitrogens with one attached hydrogen (secondary N) is 1. The van der Waals surface area contributed by atoms with Crippen LogP contribution in [0.4, 0.5) is 0 Å². The van der Waals surface area contributed by atoms with Gasteiger partial charge in [0.25, 0.3) is 0 Å². The second-order valence-corrected chi connectivity index (χ2v) is 6.18. The van der Waals surface area contributed by atoms with Crippen molar-refractivity contribution in [1.82, 2.24) is 10.3 Å². The van der Waals surface area contributed by atoms with E-state index in [-0.39, 0.29) is 12.6 Å². The number of aliphatic hydroxyl groups excluding tert-OH is 1. The van der Waals surface area contributed by atoms with Crippen LogP contribution in [-0.2, 0) is 6.42 Å². The first-order valence-corrected chi connectivity index (χ1v) is 8.20. The van der Waals surface area contributed by atoms with E-state index in [4.69, 9.17) is 11.6 Å². The standard InChI is InChI=1S/C18H21ClN2O/c19-16-8-10-20-18-15(16)6-7-17(18)21-12-14(9-11-22)13-4-2-1-3-5-13/h1-5,8,10,14,17,21-22H,6-7,9,11-12H2. The summed E-state index contributed by atoms with van der Waals surface area (Å²) < 4.78 is 0. The number of fused-ring (bicyclic) bond motifs is 1. The highest BCUT2D eigenvalue weighted by Crippen LogP contribution is 2.34. The summed E-state index contributed by atoms with van der Waals surface area (Å²) in [4.78, 5) is 4.50. The van der Waals surface area contributed by atoms with Gasteiger partial charge in [-0.05, 0) is 42.4 Å². The van der Waals surface area contributed by atoms with Crippen LogP contribution in [0.2, 0.25) is 5.02 Å². The van der Waals surface area contributed by atoms with Crippen LogP contribution in [0, 0.1) is 0 Å². The minimum absolute atomic E-state index is 0.201. The van der Waals surface area contributed by atoms with E-state index < -0.39 is 0 Å². The third-order valence-corrected chi connectivity index (χ3v) is 4.76. The maximum atomic E-state index is 9.33. The van der Waals surface area contributed by atoms with Crippen LogP contribution in [0.5, 0.6) is 0 Å². The molecule has 0 fully saturated rings. The lowest BCUT2D eigenvalue weighted by molar-refractivity contribution is 0.271. The van der Waals surface area contributed by atoms with Crippen LogP contribution in [0.15, 0.2) is 42.6 Å². The van der Waals surface area contributed by atoms with Gasteiger partial charge in [-0.15, -0.1) is 0 Å². The van der Waals surface area contributed by atoms with Crippen molar-refractivity contribution in [2.75, 3.05) is 13.2 Å². The van der Waals surface area contributed by atoms with Crippen molar-refractivity contribution >= 4 is 11.6 Å². The lowest BCUT2D eigenvalue weighted by Gasteiger charge is -2.20. The largest absolute Gasteiger partial charge is 0.396 e. The number of aromatic nitrogens is 1. The van der Waals surface area contributed by atoms with Crippen molar-refractivity contribution in [2.45, 2.75) is 31.2 Å². The Hall–Kier alpha value is -1.42. The van der Waals surface area contributed by atoms with Gasteiger partial charge < -0.3 is 10.4 Å². The van der Waals surface area contributed by atoms with Gasteiger partial charge >= 0.3 is 0 Å². The lowest BCUT2D eigenvalue weighted by Crippen LogP contribution is -2.26. The van der Waals surface area contributed by atoms with E-state index in [2.05, 4.69) is 22.4 Å². The molecule has 0 amide bonds. The Morgan fingerprint density at radius 3 is 2.86 bits per heavy atom. The molecule has 22 heavy (non-hydrogen) atoms. The molecule has 3 rings (SSSR count). The number of aliphatic hydroxyl groups is 1. The smallest absolute Gasteiger partial charge is 0.0620 e. The maximum absolute atomic E-state index is 9.33. The molecule has 3 nitrogen and oxygen atoms in total. The van der Waals surface area contributed by atoms with Gasteiger partial charge in [0, 0.05) is 24.4 Å². The lowest BCUT2D eigenvalue weighted by atomic mass is 9.95. The molecule has 0 saturated heterocycles. The van der Waals surface area contributed by atoms with E-state index in [1.54, 1.807) is 6.20 Å². The molecule has 0 bridgehead atoms. The zero-order valence-corrected chi connectivity index (χ0v) is 13.3. The van der Waals surface area contributed by atoms with Gasteiger partial charge in [0.05, 0.1) is 11.7 Å². The molecule has 116 valence electrons. The number of benzene rings is 1. The van der Waals surface area contributed by atoms with E-state index in [0.29, 0.717) is 5.92 Å². The van der Waals surface area contributed by atoms with Crippen molar-refractivity contribution in [3.8, 4) is 0 Å². The third kappa shape index (κ3) is 3.32. The second kappa shape index (κ2) is 7.23. The predicted octanol–water partition coefficient (Wildman–Crippen LogP) is 3.48. The van der Waals surface area contributed by atoms with Gasteiger partial charge in [0.15, 0.2) is 0 Å². The quantitative estimate of drug-likeness (QED) is 0.857. The minimum Gasteiger partial charge on any atom is -0.396 e. The van der Waals surface area contributed by atoms with Gasteiger partial charge in [-0.25, -0.2) is 0 Å². The summed E-state index contributed by atoms with van der Waals surface area (Å²) in [5, 5.41) is 13.8. The molecule has 0 aliphatic heterocycles. The van der Waals surface area contributed by atoms with Crippen molar-refractivity contribution < 1.29 is 5.11 Å². The normalized spacial score (nSPS) is 18.2.